The van der Waals surface area contributed by atoms with Crippen molar-refractivity contribution in [3.8, 4) is 0 Å². The first kappa shape index (κ1) is 27.7. The Balaban J connectivity index is 0.00000199. The molecule has 0 aromatic heterocycles. The summed E-state index contributed by atoms with van der Waals surface area (Å²) in [4.78, 5) is 52.8. The van der Waals surface area contributed by atoms with Crippen LogP contribution in [0.3, 0.4) is 0 Å². The number of hydrogen-bond acceptors (Lipinski definition) is 8. The van der Waals surface area contributed by atoms with E-state index in [9.17, 15) is 19.2 Å². The van der Waals surface area contributed by atoms with Gasteiger partial charge >= 0.3 is 0 Å². The number of piperidine rings is 1. The van der Waals surface area contributed by atoms with E-state index in [1.807, 2.05) is 13.8 Å². The standard InChI is InChI=1S/C21H26ClN3O7.C2H6/c22-6-8-30-10-12-32-13-11-31-9-7-24-17(26)5-4-16(20(24)28)25-19(27)14-2-1-3-15(23)18(14)21(25)29;1-2/h1-3,16H,4-13,23H2;1-2H3. The number of likely N-dealkylation sites (tertiary alicyclic amines) is 1. The van der Waals surface area contributed by atoms with Gasteiger partial charge in [0.25, 0.3) is 17.7 Å². The zero-order chi connectivity index (χ0) is 25.1. The predicted molar refractivity (Wildman–Crippen MR) is 126 cm³/mol. The maximum absolute atomic E-state index is 13.0. The number of imide groups is 2. The number of carbonyl (C=O) groups is 4. The maximum atomic E-state index is 13.0. The number of hydrogen-bond donors (Lipinski definition) is 1. The molecule has 1 unspecified atom stereocenters. The van der Waals surface area contributed by atoms with Gasteiger partial charge in [-0.05, 0) is 18.6 Å². The molecule has 0 bridgehead atoms. The molecule has 0 spiro atoms. The average Bonchev–Trinajstić information content (AvgIpc) is 3.09. The number of ether oxygens (including phenoxy) is 3. The third-order valence-electron chi connectivity index (χ3n) is 5.20. The third kappa shape index (κ3) is 6.53. The lowest BCUT2D eigenvalue weighted by molar-refractivity contribution is -0.152. The van der Waals surface area contributed by atoms with E-state index in [-0.39, 0.29) is 55.3 Å². The molecule has 2 aliphatic rings. The van der Waals surface area contributed by atoms with E-state index in [0.29, 0.717) is 32.3 Å². The van der Waals surface area contributed by atoms with Gasteiger partial charge in [0.05, 0.1) is 57.3 Å². The van der Waals surface area contributed by atoms with Crippen LogP contribution in [0, 0.1) is 0 Å². The van der Waals surface area contributed by atoms with Crippen LogP contribution in [0.2, 0.25) is 0 Å². The molecule has 0 aliphatic carbocycles. The van der Waals surface area contributed by atoms with Gasteiger partial charge in [-0.3, -0.25) is 29.0 Å². The molecule has 34 heavy (non-hydrogen) atoms. The number of alkyl halides is 1. The van der Waals surface area contributed by atoms with E-state index in [2.05, 4.69) is 0 Å². The van der Waals surface area contributed by atoms with E-state index in [1.54, 1.807) is 6.07 Å². The molecular formula is C23H32ClN3O7. The smallest absolute Gasteiger partial charge is 0.264 e. The zero-order valence-corrected chi connectivity index (χ0v) is 20.3. The van der Waals surface area contributed by atoms with Gasteiger partial charge in [-0.2, -0.15) is 0 Å². The molecule has 10 nitrogen and oxygen atoms in total. The van der Waals surface area contributed by atoms with Crippen LogP contribution in [-0.4, -0.2) is 91.5 Å². The van der Waals surface area contributed by atoms with E-state index in [1.165, 1.54) is 12.1 Å². The summed E-state index contributed by atoms with van der Waals surface area (Å²) in [5, 5.41) is 0. The van der Waals surface area contributed by atoms with Crippen LogP contribution >= 0.6 is 11.6 Å². The van der Waals surface area contributed by atoms with Gasteiger partial charge in [0.15, 0.2) is 0 Å². The normalized spacial score (nSPS) is 17.7. The first-order chi connectivity index (χ1) is 16.5. The van der Waals surface area contributed by atoms with Gasteiger partial charge in [0, 0.05) is 18.0 Å². The molecule has 1 saturated heterocycles. The Morgan fingerprint density at radius 2 is 1.56 bits per heavy atom. The van der Waals surface area contributed by atoms with Crippen LogP contribution in [0.5, 0.6) is 0 Å². The topological polar surface area (TPSA) is 128 Å². The minimum absolute atomic E-state index is 0.0261. The van der Waals surface area contributed by atoms with Crippen molar-refractivity contribution in [3.63, 3.8) is 0 Å². The molecule has 11 heteroatoms. The van der Waals surface area contributed by atoms with Crippen LogP contribution in [0.25, 0.3) is 0 Å². The highest BCUT2D eigenvalue weighted by molar-refractivity contribution is 6.25. The Hall–Kier alpha value is -2.53. The fraction of sp³-hybridized carbons (Fsp3) is 0.565. The number of anilines is 1. The number of amides is 4. The molecular weight excluding hydrogens is 466 g/mol. The summed E-state index contributed by atoms with van der Waals surface area (Å²) in [7, 11) is 0. The first-order valence-corrected chi connectivity index (χ1v) is 11.9. The van der Waals surface area contributed by atoms with E-state index in [4.69, 9.17) is 31.5 Å². The van der Waals surface area contributed by atoms with Crippen LogP contribution in [-0.2, 0) is 23.8 Å². The van der Waals surface area contributed by atoms with Gasteiger partial charge in [-0.1, -0.05) is 19.9 Å². The predicted octanol–water partition coefficient (Wildman–Crippen LogP) is 1.70. The summed E-state index contributed by atoms with van der Waals surface area (Å²) in [6, 6.07) is 3.56. The average molecular weight is 498 g/mol. The van der Waals surface area contributed by atoms with Crippen LogP contribution < -0.4 is 5.73 Å². The molecule has 2 heterocycles. The van der Waals surface area contributed by atoms with Crippen molar-refractivity contribution in [3.05, 3.63) is 29.3 Å². The van der Waals surface area contributed by atoms with Crippen molar-refractivity contribution in [2.45, 2.75) is 32.7 Å². The Kier molecular flexibility index (Phi) is 11.4. The fourth-order valence-corrected chi connectivity index (χ4v) is 3.77. The lowest BCUT2D eigenvalue weighted by Gasteiger charge is -2.34. The Bertz CT molecular complexity index is 880. The lowest BCUT2D eigenvalue weighted by atomic mass is 10.0. The number of nitrogens with zero attached hydrogens (tertiary/aromatic N) is 2. The van der Waals surface area contributed by atoms with Crippen LogP contribution in [0.4, 0.5) is 5.69 Å². The summed E-state index contributed by atoms with van der Waals surface area (Å²) >= 11 is 5.49. The monoisotopic (exact) mass is 497 g/mol. The SMILES string of the molecule is CC.Nc1cccc2c1C(=O)N(C1CCC(=O)N(CCOCCOCCOCCCl)C1=O)C2=O. The fourth-order valence-electron chi connectivity index (χ4n) is 3.66. The molecule has 2 N–H and O–H groups in total. The Morgan fingerprint density at radius 1 is 0.941 bits per heavy atom. The minimum Gasteiger partial charge on any atom is -0.398 e. The molecule has 0 saturated carbocycles. The number of nitrogen functional groups attached to an aromatic ring is 1. The van der Waals surface area contributed by atoms with E-state index >= 15 is 0 Å². The largest absolute Gasteiger partial charge is 0.398 e. The van der Waals surface area contributed by atoms with E-state index < -0.39 is 23.8 Å². The van der Waals surface area contributed by atoms with Crippen molar-refractivity contribution in [2.75, 3.05) is 57.8 Å². The molecule has 1 fully saturated rings. The van der Waals surface area contributed by atoms with Crippen molar-refractivity contribution >= 4 is 40.9 Å². The molecule has 1 aromatic carbocycles. The zero-order valence-electron chi connectivity index (χ0n) is 19.6. The van der Waals surface area contributed by atoms with Gasteiger partial charge in [-0.15, -0.1) is 11.6 Å². The highest BCUT2D eigenvalue weighted by Crippen LogP contribution is 2.31. The second-order valence-electron chi connectivity index (χ2n) is 7.21. The van der Waals surface area contributed by atoms with Crippen molar-refractivity contribution in [2.24, 2.45) is 0 Å². The second-order valence-corrected chi connectivity index (χ2v) is 7.59. The summed E-state index contributed by atoms with van der Waals surface area (Å²) in [6.45, 7) is 6.08. The number of halogens is 1. The highest BCUT2D eigenvalue weighted by Gasteiger charge is 2.47. The Morgan fingerprint density at radius 3 is 2.18 bits per heavy atom. The molecule has 3 rings (SSSR count). The lowest BCUT2D eigenvalue weighted by Crippen LogP contribution is -2.56. The summed E-state index contributed by atoms with van der Waals surface area (Å²) in [6.07, 6.45) is 0.130. The number of carbonyl (C=O) groups excluding carboxylic acids is 4. The number of fused-ring (bicyclic) bond motifs is 1. The van der Waals surface area contributed by atoms with E-state index in [0.717, 1.165) is 9.80 Å². The van der Waals surface area contributed by atoms with Gasteiger partial charge in [-0.25, -0.2) is 0 Å². The van der Waals surface area contributed by atoms with Crippen molar-refractivity contribution < 1.29 is 33.4 Å². The maximum Gasteiger partial charge on any atom is 0.264 e. The quantitative estimate of drug-likeness (QED) is 0.200. The van der Waals surface area contributed by atoms with Gasteiger partial charge in [0.1, 0.15) is 6.04 Å². The molecule has 2 aliphatic heterocycles. The van der Waals surface area contributed by atoms with Crippen LogP contribution in [0.1, 0.15) is 47.4 Å². The highest BCUT2D eigenvalue weighted by atomic mass is 35.5. The third-order valence-corrected chi connectivity index (χ3v) is 5.35. The minimum atomic E-state index is -1.05. The molecule has 0 radical (unpaired) electrons. The summed E-state index contributed by atoms with van der Waals surface area (Å²) in [5.41, 5.74) is 6.31. The van der Waals surface area contributed by atoms with Crippen molar-refractivity contribution in [1.82, 2.24) is 9.80 Å². The van der Waals surface area contributed by atoms with Crippen LogP contribution in [0.15, 0.2) is 18.2 Å². The van der Waals surface area contributed by atoms with Gasteiger partial charge in [0.2, 0.25) is 5.91 Å². The second kappa shape index (κ2) is 14.0. The molecule has 1 aromatic rings. The number of nitrogens with two attached hydrogens (primary N) is 1. The number of benzene rings is 1. The first-order valence-electron chi connectivity index (χ1n) is 11.4. The molecule has 4 amide bonds. The van der Waals surface area contributed by atoms with Crippen molar-refractivity contribution in [1.29, 1.82) is 0 Å². The molecule has 188 valence electrons. The Labute approximate surface area is 204 Å². The summed E-state index contributed by atoms with van der Waals surface area (Å²) in [5.74, 6) is -1.71. The molecule has 1 atom stereocenters. The van der Waals surface area contributed by atoms with Gasteiger partial charge < -0.3 is 19.9 Å². The summed E-state index contributed by atoms with van der Waals surface area (Å²) < 4.78 is 15.9. The number of rotatable bonds is 12.